The quantitative estimate of drug-likeness (QED) is 0.418. The average Bonchev–Trinajstić information content (AvgIpc) is 3.56. The molecular weight excluding hydrogens is 428 g/mol. The first-order valence-corrected chi connectivity index (χ1v) is 11.0. The van der Waals surface area contributed by atoms with E-state index in [-0.39, 0.29) is 28.9 Å². The largest absolute Gasteiger partial charge is 0.361 e. The Bertz CT molecular complexity index is 1320. The molecule has 9 heteroatoms. The van der Waals surface area contributed by atoms with E-state index in [4.69, 9.17) is 4.52 Å². The molecule has 1 saturated heterocycles. The Balaban J connectivity index is 1.60. The highest BCUT2D eigenvalue weighted by Crippen LogP contribution is 2.37. The molecule has 1 aromatic carbocycles. The lowest BCUT2D eigenvalue weighted by Crippen LogP contribution is -2.31. The molecule has 0 radical (unpaired) electrons. The number of benzene rings is 1. The van der Waals surface area contributed by atoms with Gasteiger partial charge in [0.1, 0.15) is 17.0 Å². The van der Waals surface area contributed by atoms with Gasteiger partial charge in [0.15, 0.2) is 5.65 Å². The Kier molecular flexibility index (Phi) is 5.39. The molecule has 0 N–H and O–H groups in total. The zero-order chi connectivity index (χ0) is 23.1. The average molecular weight is 451 g/mol. The molecule has 0 saturated carbocycles. The van der Waals surface area contributed by atoms with Crippen molar-refractivity contribution in [1.29, 1.82) is 0 Å². The first-order chi connectivity index (χ1) is 16.0. The van der Waals surface area contributed by atoms with Gasteiger partial charge in [0.2, 0.25) is 0 Å². The molecule has 1 atom stereocenters. The summed E-state index contributed by atoms with van der Waals surface area (Å²) in [6.45, 7) is 4.41. The van der Waals surface area contributed by atoms with E-state index in [0.29, 0.717) is 24.2 Å². The van der Waals surface area contributed by atoms with Crippen LogP contribution in [-0.4, -0.2) is 37.1 Å². The van der Waals surface area contributed by atoms with Gasteiger partial charge in [0.25, 0.3) is 12.3 Å². The van der Waals surface area contributed by atoms with E-state index in [1.54, 1.807) is 17.0 Å². The Hall–Kier alpha value is -3.62. The number of nitrogens with zero attached hydrogens (tertiary/aromatic N) is 5. The number of amides is 1. The van der Waals surface area contributed by atoms with Crippen LogP contribution < -0.4 is 0 Å². The number of rotatable bonds is 5. The van der Waals surface area contributed by atoms with Crippen LogP contribution in [0.2, 0.25) is 0 Å². The molecule has 1 amide bonds. The van der Waals surface area contributed by atoms with Crippen molar-refractivity contribution >= 4 is 11.6 Å². The minimum atomic E-state index is -2.77. The molecule has 3 aromatic heterocycles. The number of carbonyl (C=O) groups excluding carboxylic acids is 1. The molecule has 33 heavy (non-hydrogen) atoms. The van der Waals surface area contributed by atoms with Crippen LogP contribution in [0, 0.1) is 6.92 Å². The van der Waals surface area contributed by atoms with Crippen molar-refractivity contribution < 1.29 is 18.1 Å². The molecule has 4 heterocycles. The molecule has 0 aliphatic carbocycles. The number of aryl methyl sites for hydroxylation is 2. The summed E-state index contributed by atoms with van der Waals surface area (Å²) in [5.41, 5.74) is 2.78. The van der Waals surface area contributed by atoms with Crippen LogP contribution in [0.4, 0.5) is 8.78 Å². The highest BCUT2D eigenvalue weighted by molar-refractivity contribution is 6.00. The van der Waals surface area contributed by atoms with Gasteiger partial charge in [-0.3, -0.25) is 4.79 Å². The maximum atomic E-state index is 13.9. The monoisotopic (exact) mass is 451 g/mol. The summed E-state index contributed by atoms with van der Waals surface area (Å²) >= 11 is 0. The fourth-order valence-corrected chi connectivity index (χ4v) is 4.62. The highest BCUT2D eigenvalue weighted by Gasteiger charge is 2.36. The summed E-state index contributed by atoms with van der Waals surface area (Å²) in [5, 5.41) is 8.19. The summed E-state index contributed by atoms with van der Waals surface area (Å²) < 4.78 is 34.3. The smallest absolute Gasteiger partial charge is 0.280 e. The second kappa shape index (κ2) is 8.38. The second-order valence-corrected chi connectivity index (χ2v) is 8.14. The molecule has 0 bridgehead atoms. The number of halogens is 2. The Morgan fingerprint density at radius 1 is 1.27 bits per heavy atom. The number of fused-ring (bicyclic) bond motifs is 1. The minimum absolute atomic E-state index is 0.125. The van der Waals surface area contributed by atoms with Gasteiger partial charge in [-0.05, 0) is 25.8 Å². The van der Waals surface area contributed by atoms with Gasteiger partial charge in [-0.25, -0.2) is 18.3 Å². The Morgan fingerprint density at radius 2 is 2.06 bits per heavy atom. The summed E-state index contributed by atoms with van der Waals surface area (Å²) in [5.74, 6) is 0.481. The van der Waals surface area contributed by atoms with E-state index in [2.05, 4.69) is 15.2 Å². The Morgan fingerprint density at radius 3 is 2.79 bits per heavy atom. The zero-order valence-electron chi connectivity index (χ0n) is 18.3. The maximum Gasteiger partial charge on any atom is 0.280 e. The van der Waals surface area contributed by atoms with Gasteiger partial charge in [0.05, 0.1) is 23.6 Å². The number of hydrogen-bond donors (Lipinski definition) is 0. The van der Waals surface area contributed by atoms with Crippen molar-refractivity contribution in [2.75, 3.05) is 6.54 Å². The van der Waals surface area contributed by atoms with E-state index in [0.717, 1.165) is 34.4 Å². The van der Waals surface area contributed by atoms with Crippen LogP contribution in [0.25, 0.3) is 16.9 Å². The summed E-state index contributed by atoms with van der Waals surface area (Å²) in [4.78, 5) is 20.0. The van der Waals surface area contributed by atoms with E-state index < -0.39 is 6.43 Å². The van der Waals surface area contributed by atoms with Crippen LogP contribution >= 0.6 is 0 Å². The lowest BCUT2D eigenvalue weighted by molar-refractivity contribution is 0.0736. The molecular formula is C24H23F2N5O2. The molecule has 7 nitrogen and oxygen atoms in total. The molecule has 1 fully saturated rings. The fourth-order valence-electron chi connectivity index (χ4n) is 4.62. The minimum Gasteiger partial charge on any atom is -0.361 e. The van der Waals surface area contributed by atoms with E-state index in [9.17, 15) is 13.6 Å². The third kappa shape index (κ3) is 3.57. The summed E-state index contributed by atoms with van der Waals surface area (Å²) in [6.07, 6.45) is 0.846. The van der Waals surface area contributed by atoms with E-state index in [1.165, 1.54) is 12.3 Å². The van der Waals surface area contributed by atoms with Crippen molar-refractivity contribution in [3.8, 4) is 11.3 Å². The first kappa shape index (κ1) is 21.2. The standard InChI is InChI=1S/C24H23F2N5O2/c1-3-20-21(14(2)29-33-20)18-10-7-11-30(18)24(32)16-13-27-31-19(22(25)26)12-17(28-23(16)31)15-8-5-4-6-9-15/h4-6,8-9,12-13,18,22H,3,7,10-11H2,1-2H3/t18-/m0/s1. The number of hydrogen-bond acceptors (Lipinski definition) is 5. The van der Waals surface area contributed by atoms with Gasteiger partial charge in [-0.15, -0.1) is 0 Å². The van der Waals surface area contributed by atoms with Crippen LogP contribution in [0.1, 0.15) is 65.3 Å². The van der Waals surface area contributed by atoms with E-state index in [1.807, 2.05) is 32.0 Å². The predicted molar refractivity (Wildman–Crippen MR) is 117 cm³/mol. The van der Waals surface area contributed by atoms with Gasteiger partial charge >= 0.3 is 0 Å². The lowest BCUT2D eigenvalue weighted by Gasteiger charge is -2.24. The number of alkyl halides is 2. The molecule has 1 aliphatic rings. The second-order valence-electron chi connectivity index (χ2n) is 8.14. The van der Waals surface area contributed by atoms with Gasteiger partial charge in [0, 0.05) is 24.1 Å². The van der Waals surface area contributed by atoms with Gasteiger partial charge in [-0.1, -0.05) is 42.4 Å². The van der Waals surface area contributed by atoms with Crippen molar-refractivity contribution in [1.82, 2.24) is 24.7 Å². The molecule has 170 valence electrons. The van der Waals surface area contributed by atoms with Gasteiger partial charge in [-0.2, -0.15) is 5.10 Å². The van der Waals surface area contributed by atoms with Crippen molar-refractivity contribution in [3.63, 3.8) is 0 Å². The van der Waals surface area contributed by atoms with Crippen molar-refractivity contribution in [2.24, 2.45) is 0 Å². The molecule has 0 spiro atoms. The van der Waals surface area contributed by atoms with Gasteiger partial charge < -0.3 is 9.42 Å². The number of carbonyl (C=O) groups is 1. The number of aromatic nitrogens is 4. The molecule has 1 aliphatic heterocycles. The molecule has 4 aromatic rings. The molecule has 5 rings (SSSR count). The maximum absolute atomic E-state index is 13.9. The van der Waals surface area contributed by atoms with Crippen molar-refractivity contribution in [2.45, 2.75) is 45.6 Å². The van der Waals surface area contributed by atoms with Crippen LogP contribution in [-0.2, 0) is 6.42 Å². The van der Waals surface area contributed by atoms with E-state index >= 15 is 0 Å². The summed E-state index contributed by atoms with van der Waals surface area (Å²) in [6, 6.07) is 10.2. The van der Waals surface area contributed by atoms with Crippen LogP contribution in [0.15, 0.2) is 47.1 Å². The normalized spacial score (nSPS) is 16.3. The zero-order valence-corrected chi connectivity index (χ0v) is 18.3. The SMILES string of the molecule is CCc1onc(C)c1[C@@H]1CCCN1C(=O)c1cnn2c(C(F)F)cc(-c3ccccc3)nc12. The fraction of sp³-hybridized carbons (Fsp3) is 0.333. The first-order valence-electron chi connectivity index (χ1n) is 11.0. The topological polar surface area (TPSA) is 76.5 Å². The highest BCUT2D eigenvalue weighted by atomic mass is 19.3. The summed E-state index contributed by atoms with van der Waals surface area (Å²) in [7, 11) is 0. The predicted octanol–water partition coefficient (Wildman–Crippen LogP) is 5.17. The molecule has 0 unspecified atom stereocenters. The Labute approximate surface area is 189 Å². The third-order valence-corrected chi connectivity index (χ3v) is 6.17. The van der Waals surface area contributed by atoms with Crippen LogP contribution in [0.5, 0.6) is 0 Å². The van der Waals surface area contributed by atoms with Crippen LogP contribution in [0.3, 0.4) is 0 Å². The number of likely N-dealkylation sites (tertiary alicyclic amines) is 1. The lowest BCUT2D eigenvalue weighted by atomic mass is 10.0. The van der Waals surface area contributed by atoms with Crippen molar-refractivity contribution in [3.05, 3.63) is 70.9 Å². The third-order valence-electron chi connectivity index (χ3n) is 6.17.